The molecule has 0 aliphatic rings. The fraction of sp³-hybridized carbons (Fsp3) is 0.0714. The number of aryl methyl sites for hydroxylation is 1. The first-order valence-electron chi connectivity index (χ1n) is 5.40. The SMILES string of the molecule is Cc1cc(Cl)ccc1NC(=O)c1ccccc1F. The molecule has 0 aromatic heterocycles. The number of hydrogen-bond acceptors (Lipinski definition) is 1. The van der Waals surface area contributed by atoms with Crippen molar-refractivity contribution in [3.8, 4) is 0 Å². The van der Waals surface area contributed by atoms with Crippen LogP contribution in [0.4, 0.5) is 10.1 Å². The van der Waals surface area contributed by atoms with E-state index < -0.39 is 11.7 Å². The van der Waals surface area contributed by atoms with Gasteiger partial charge in [0.2, 0.25) is 0 Å². The second-order valence-corrected chi connectivity index (χ2v) is 4.33. The molecule has 0 bridgehead atoms. The van der Waals surface area contributed by atoms with Crippen LogP contribution in [0, 0.1) is 12.7 Å². The number of nitrogens with one attached hydrogen (secondary N) is 1. The normalized spacial score (nSPS) is 10.2. The van der Waals surface area contributed by atoms with E-state index in [9.17, 15) is 9.18 Å². The van der Waals surface area contributed by atoms with Crippen molar-refractivity contribution in [3.63, 3.8) is 0 Å². The molecule has 0 spiro atoms. The molecule has 0 radical (unpaired) electrons. The molecule has 1 amide bonds. The Bertz CT molecular complexity index is 598. The largest absolute Gasteiger partial charge is 0.322 e. The summed E-state index contributed by atoms with van der Waals surface area (Å²) in [7, 11) is 0. The van der Waals surface area contributed by atoms with E-state index in [0.717, 1.165) is 5.56 Å². The number of carbonyl (C=O) groups excluding carboxylic acids is 1. The molecular formula is C14H11ClFNO. The van der Waals surface area contributed by atoms with Crippen molar-refractivity contribution < 1.29 is 9.18 Å². The second-order valence-electron chi connectivity index (χ2n) is 3.89. The molecule has 2 aromatic rings. The van der Waals surface area contributed by atoms with Gasteiger partial charge in [0, 0.05) is 10.7 Å². The third-order valence-electron chi connectivity index (χ3n) is 2.56. The number of benzene rings is 2. The van der Waals surface area contributed by atoms with Crippen molar-refractivity contribution in [3.05, 3.63) is 64.4 Å². The molecule has 0 atom stereocenters. The predicted octanol–water partition coefficient (Wildman–Crippen LogP) is 4.04. The highest BCUT2D eigenvalue weighted by Crippen LogP contribution is 2.20. The van der Waals surface area contributed by atoms with Crippen LogP contribution in [0.1, 0.15) is 15.9 Å². The molecule has 2 nitrogen and oxygen atoms in total. The van der Waals surface area contributed by atoms with Crippen molar-refractivity contribution in [1.82, 2.24) is 0 Å². The van der Waals surface area contributed by atoms with Gasteiger partial charge in [-0.1, -0.05) is 23.7 Å². The first-order valence-corrected chi connectivity index (χ1v) is 5.78. The average molecular weight is 264 g/mol. The summed E-state index contributed by atoms with van der Waals surface area (Å²) in [6, 6.07) is 11.0. The molecule has 18 heavy (non-hydrogen) atoms. The minimum Gasteiger partial charge on any atom is -0.322 e. The maximum absolute atomic E-state index is 13.4. The minimum atomic E-state index is -0.540. The molecule has 0 fully saturated rings. The van der Waals surface area contributed by atoms with Crippen LogP contribution < -0.4 is 5.32 Å². The standard InChI is InChI=1S/C14H11ClFNO/c1-9-8-10(15)6-7-13(9)17-14(18)11-4-2-3-5-12(11)16/h2-8H,1H3,(H,17,18). The maximum atomic E-state index is 13.4. The Hall–Kier alpha value is -1.87. The monoisotopic (exact) mass is 263 g/mol. The zero-order valence-corrected chi connectivity index (χ0v) is 10.5. The van der Waals surface area contributed by atoms with E-state index >= 15 is 0 Å². The van der Waals surface area contributed by atoms with Gasteiger partial charge in [0.25, 0.3) is 5.91 Å². The van der Waals surface area contributed by atoms with Gasteiger partial charge < -0.3 is 5.32 Å². The highest BCUT2D eigenvalue weighted by molar-refractivity contribution is 6.30. The van der Waals surface area contributed by atoms with Gasteiger partial charge in [0.15, 0.2) is 0 Å². The van der Waals surface area contributed by atoms with E-state index in [1.54, 1.807) is 30.3 Å². The molecule has 4 heteroatoms. The molecule has 92 valence electrons. The lowest BCUT2D eigenvalue weighted by atomic mass is 10.1. The van der Waals surface area contributed by atoms with Crippen LogP contribution in [0.5, 0.6) is 0 Å². The van der Waals surface area contributed by atoms with Crippen molar-refractivity contribution in [2.75, 3.05) is 5.32 Å². The van der Waals surface area contributed by atoms with Crippen LogP contribution in [0.3, 0.4) is 0 Å². The van der Waals surface area contributed by atoms with Gasteiger partial charge in [-0.05, 0) is 42.8 Å². The van der Waals surface area contributed by atoms with E-state index in [1.807, 2.05) is 6.92 Å². The zero-order valence-electron chi connectivity index (χ0n) is 9.71. The number of carbonyl (C=O) groups is 1. The highest BCUT2D eigenvalue weighted by atomic mass is 35.5. The fourth-order valence-electron chi connectivity index (χ4n) is 1.60. The molecule has 0 aliphatic heterocycles. The highest BCUT2D eigenvalue weighted by Gasteiger charge is 2.11. The summed E-state index contributed by atoms with van der Waals surface area (Å²) in [6.07, 6.45) is 0. The third-order valence-corrected chi connectivity index (χ3v) is 2.79. The average Bonchev–Trinajstić information content (AvgIpc) is 2.33. The van der Waals surface area contributed by atoms with Gasteiger partial charge in [0.1, 0.15) is 5.82 Å². The summed E-state index contributed by atoms with van der Waals surface area (Å²) in [5.74, 6) is -1.01. The molecular weight excluding hydrogens is 253 g/mol. The van der Waals surface area contributed by atoms with Crippen molar-refractivity contribution in [2.45, 2.75) is 6.92 Å². The minimum absolute atomic E-state index is 0.0202. The van der Waals surface area contributed by atoms with Crippen LogP contribution in [0.2, 0.25) is 5.02 Å². The molecule has 0 aliphatic carbocycles. The Kier molecular flexibility index (Phi) is 3.63. The number of amides is 1. The molecule has 2 rings (SSSR count). The first-order chi connectivity index (χ1) is 8.58. The number of anilines is 1. The van der Waals surface area contributed by atoms with Gasteiger partial charge in [-0.2, -0.15) is 0 Å². The van der Waals surface area contributed by atoms with Crippen molar-refractivity contribution in [2.24, 2.45) is 0 Å². The van der Waals surface area contributed by atoms with Crippen molar-refractivity contribution >= 4 is 23.2 Å². The van der Waals surface area contributed by atoms with E-state index in [0.29, 0.717) is 10.7 Å². The Morgan fingerprint density at radius 1 is 1.22 bits per heavy atom. The number of rotatable bonds is 2. The summed E-state index contributed by atoms with van der Waals surface area (Å²) in [6.45, 7) is 1.82. The lowest BCUT2D eigenvalue weighted by molar-refractivity contribution is 0.102. The number of hydrogen-bond donors (Lipinski definition) is 1. The van der Waals surface area contributed by atoms with Crippen LogP contribution in [-0.4, -0.2) is 5.91 Å². The van der Waals surface area contributed by atoms with Crippen LogP contribution in [0.25, 0.3) is 0 Å². The van der Waals surface area contributed by atoms with E-state index in [-0.39, 0.29) is 5.56 Å². The molecule has 0 saturated carbocycles. The maximum Gasteiger partial charge on any atom is 0.258 e. The quantitative estimate of drug-likeness (QED) is 0.870. The van der Waals surface area contributed by atoms with Crippen LogP contribution in [0.15, 0.2) is 42.5 Å². The Balaban J connectivity index is 2.24. The lowest BCUT2D eigenvalue weighted by Crippen LogP contribution is -2.14. The summed E-state index contributed by atoms with van der Waals surface area (Å²) in [5, 5.41) is 3.25. The number of halogens is 2. The third kappa shape index (κ3) is 2.68. The van der Waals surface area contributed by atoms with Crippen LogP contribution in [-0.2, 0) is 0 Å². The predicted molar refractivity (Wildman–Crippen MR) is 70.5 cm³/mol. The molecule has 0 unspecified atom stereocenters. The Morgan fingerprint density at radius 3 is 2.61 bits per heavy atom. The Labute approximate surface area is 109 Å². The molecule has 0 saturated heterocycles. The molecule has 2 aromatic carbocycles. The van der Waals surface area contributed by atoms with Gasteiger partial charge >= 0.3 is 0 Å². The summed E-state index contributed by atoms with van der Waals surface area (Å²) in [4.78, 5) is 11.9. The summed E-state index contributed by atoms with van der Waals surface area (Å²) >= 11 is 5.82. The summed E-state index contributed by atoms with van der Waals surface area (Å²) < 4.78 is 13.4. The second kappa shape index (κ2) is 5.19. The zero-order chi connectivity index (χ0) is 13.1. The lowest BCUT2D eigenvalue weighted by Gasteiger charge is -2.09. The van der Waals surface area contributed by atoms with E-state index in [2.05, 4.69) is 5.32 Å². The topological polar surface area (TPSA) is 29.1 Å². The van der Waals surface area contributed by atoms with Gasteiger partial charge in [-0.15, -0.1) is 0 Å². The van der Waals surface area contributed by atoms with Gasteiger partial charge in [0.05, 0.1) is 5.56 Å². The van der Waals surface area contributed by atoms with Crippen LogP contribution >= 0.6 is 11.6 Å². The Morgan fingerprint density at radius 2 is 1.94 bits per heavy atom. The van der Waals surface area contributed by atoms with Gasteiger partial charge in [-0.25, -0.2) is 4.39 Å². The van der Waals surface area contributed by atoms with E-state index in [4.69, 9.17) is 11.6 Å². The van der Waals surface area contributed by atoms with E-state index in [1.165, 1.54) is 12.1 Å². The first kappa shape index (κ1) is 12.6. The summed E-state index contributed by atoms with van der Waals surface area (Å²) in [5.41, 5.74) is 1.46. The fourth-order valence-corrected chi connectivity index (χ4v) is 1.83. The van der Waals surface area contributed by atoms with Crippen molar-refractivity contribution in [1.29, 1.82) is 0 Å². The molecule has 1 N–H and O–H groups in total. The van der Waals surface area contributed by atoms with Gasteiger partial charge in [-0.3, -0.25) is 4.79 Å². The smallest absolute Gasteiger partial charge is 0.258 e. The molecule has 0 heterocycles.